The van der Waals surface area contributed by atoms with E-state index in [9.17, 15) is 36.3 Å². The minimum atomic E-state index is -4.51. The molecule has 0 amide bonds. The maximum absolute atomic E-state index is 13.3. The second-order valence-corrected chi connectivity index (χ2v) is 8.47. The van der Waals surface area contributed by atoms with Gasteiger partial charge in [-0.05, 0) is 31.0 Å². The summed E-state index contributed by atoms with van der Waals surface area (Å²) in [6.45, 7) is 1.84. The van der Waals surface area contributed by atoms with E-state index in [2.05, 4.69) is 0 Å². The number of fused-ring (bicyclic) bond motifs is 1. The zero-order chi connectivity index (χ0) is 23.6. The molecule has 1 aliphatic heterocycles. The molecular formula is C21H19F5O6. The van der Waals surface area contributed by atoms with Crippen molar-refractivity contribution in [2.24, 2.45) is 23.7 Å². The third-order valence-electron chi connectivity index (χ3n) is 6.42. The van der Waals surface area contributed by atoms with E-state index < -0.39 is 77.6 Å². The summed E-state index contributed by atoms with van der Waals surface area (Å²) in [6, 6.07) is 4.07. The van der Waals surface area contributed by atoms with Gasteiger partial charge in [-0.3, -0.25) is 9.59 Å². The monoisotopic (exact) mass is 462 g/mol. The van der Waals surface area contributed by atoms with Gasteiger partial charge in [0.25, 0.3) is 0 Å². The van der Waals surface area contributed by atoms with Crippen molar-refractivity contribution in [2.75, 3.05) is 0 Å². The molecule has 1 aromatic rings. The van der Waals surface area contributed by atoms with Crippen molar-refractivity contribution in [3.05, 3.63) is 35.4 Å². The van der Waals surface area contributed by atoms with Crippen molar-refractivity contribution in [1.82, 2.24) is 0 Å². The number of carbonyl (C=O) groups is 3. The molecule has 0 spiro atoms. The Kier molecular flexibility index (Phi) is 5.21. The molecule has 1 saturated heterocycles. The SMILES string of the molecule is CC(OC(=O)C1C2CC3C(OC(=O)C31)C2OC(=O)C(C)(F)F)c1ccc(C(F)(F)F)cc1. The molecule has 2 aliphatic carbocycles. The molecule has 2 bridgehead atoms. The van der Waals surface area contributed by atoms with Gasteiger partial charge in [-0.2, -0.15) is 22.0 Å². The molecule has 0 radical (unpaired) electrons. The van der Waals surface area contributed by atoms with Gasteiger partial charge < -0.3 is 14.2 Å². The molecule has 0 N–H and O–H groups in total. The molecule has 1 aromatic carbocycles. The lowest BCUT2D eigenvalue weighted by atomic mass is 9.78. The molecule has 3 aliphatic rings. The summed E-state index contributed by atoms with van der Waals surface area (Å²) in [6.07, 6.45) is -7.26. The maximum Gasteiger partial charge on any atom is 0.416 e. The van der Waals surface area contributed by atoms with E-state index in [1.165, 1.54) is 19.1 Å². The van der Waals surface area contributed by atoms with Gasteiger partial charge in [0, 0.05) is 18.8 Å². The predicted molar refractivity (Wildman–Crippen MR) is 94.9 cm³/mol. The largest absolute Gasteiger partial charge is 0.458 e. The van der Waals surface area contributed by atoms with Crippen LogP contribution in [0.5, 0.6) is 0 Å². The van der Waals surface area contributed by atoms with Gasteiger partial charge in [-0.15, -0.1) is 0 Å². The van der Waals surface area contributed by atoms with Crippen LogP contribution in [0.4, 0.5) is 22.0 Å². The van der Waals surface area contributed by atoms with Crippen molar-refractivity contribution in [3.8, 4) is 0 Å². The fourth-order valence-electron chi connectivity index (χ4n) is 4.96. The van der Waals surface area contributed by atoms with E-state index in [-0.39, 0.29) is 6.42 Å². The van der Waals surface area contributed by atoms with E-state index in [0.29, 0.717) is 12.5 Å². The number of hydrogen-bond donors (Lipinski definition) is 0. The Bertz CT molecular complexity index is 937. The van der Waals surface area contributed by atoms with Crippen LogP contribution in [0.15, 0.2) is 24.3 Å². The first-order valence-electron chi connectivity index (χ1n) is 9.96. The minimum Gasteiger partial charge on any atom is -0.458 e. The lowest BCUT2D eigenvalue weighted by Crippen LogP contribution is -2.45. The number of ether oxygens (including phenoxy) is 3. The molecule has 2 saturated carbocycles. The van der Waals surface area contributed by atoms with Crippen molar-refractivity contribution < 1.29 is 50.5 Å². The third-order valence-corrected chi connectivity index (χ3v) is 6.42. The number of hydrogen-bond acceptors (Lipinski definition) is 6. The fraction of sp³-hybridized carbons (Fsp3) is 0.571. The summed E-state index contributed by atoms with van der Waals surface area (Å²) >= 11 is 0. The fourth-order valence-corrected chi connectivity index (χ4v) is 4.96. The van der Waals surface area contributed by atoms with Crippen molar-refractivity contribution in [2.45, 2.75) is 50.7 Å². The highest BCUT2D eigenvalue weighted by atomic mass is 19.4. The molecule has 0 aromatic heterocycles. The zero-order valence-corrected chi connectivity index (χ0v) is 16.9. The molecule has 32 heavy (non-hydrogen) atoms. The Balaban J connectivity index is 1.49. The average Bonchev–Trinajstić information content (AvgIpc) is 3.30. The highest BCUT2D eigenvalue weighted by molar-refractivity contribution is 5.86. The van der Waals surface area contributed by atoms with E-state index >= 15 is 0 Å². The number of halogens is 5. The van der Waals surface area contributed by atoms with Crippen molar-refractivity contribution in [3.63, 3.8) is 0 Å². The first-order valence-corrected chi connectivity index (χ1v) is 9.96. The third kappa shape index (κ3) is 3.71. The molecule has 3 fully saturated rings. The first kappa shape index (κ1) is 22.5. The molecule has 6 nitrogen and oxygen atoms in total. The van der Waals surface area contributed by atoms with Gasteiger partial charge in [0.15, 0.2) is 0 Å². The Morgan fingerprint density at radius 3 is 2.28 bits per heavy atom. The van der Waals surface area contributed by atoms with Gasteiger partial charge in [-0.1, -0.05) is 12.1 Å². The van der Waals surface area contributed by atoms with Gasteiger partial charge in [0.1, 0.15) is 18.3 Å². The van der Waals surface area contributed by atoms with Crippen LogP contribution >= 0.6 is 0 Å². The smallest absolute Gasteiger partial charge is 0.416 e. The zero-order valence-electron chi connectivity index (χ0n) is 16.9. The van der Waals surface area contributed by atoms with Crippen LogP contribution in [0.3, 0.4) is 0 Å². The Morgan fingerprint density at radius 2 is 1.72 bits per heavy atom. The average molecular weight is 462 g/mol. The van der Waals surface area contributed by atoms with Gasteiger partial charge in [-0.25, -0.2) is 4.79 Å². The maximum atomic E-state index is 13.3. The minimum absolute atomic E-state index is 0.267. The van der Waals surface area contributed by atoms with Crippen molar-refractivity contribution >= 4 is 17.9 Å². The van der Waals surface area contributed by atoms with Crippen molar-refractivity contribution in [1.29, 1.82) is 0 Å². The Morgan fingerprint density at radius 1 is 1.09 bits per heavy atom. The number of carbonyl (C=O) groups excluding carboxylic acids is 3. The van der Waals surface area contributed by atoms with Crippen LogP contribution in [-0.4, -0.2) is 36.0 Å². The predicted octanol–water partition coefficient (Wildman–Crippen LogP) is 3.68. The lowest BCUT2D eigenvalue weighted by molar-refractivity contribution is -0.186. The van der Waals surface area contributed by atoms with Crippen LogP contribution in [0.25, 0.3) is 0 Å². The highest BCUT2D eigenvalue weighted by Gasteiger charge is 2.70. The second-order valence-electron chi connectivity index (χ2n) is 8.47. The highest BCUT2D eigenvalue weighted by Crippen LogP contribution is 2.59. The number of esters is 3. The second kappa shape index (κ2) is 7.41. The number of alkyl halides is 5. The molecule has 4 rings (SSSR count). The number of benzene rings is 1. The Hall–Kier alpha value is -2.72. The molecule has 11 heteroatoms. The summed E-state index contributed by atoms with van der Waals surface area (Å²) in [7, 11) is 0. The van der Waals surface area contributed by atoms with Crippen LogP contribution in [-0.2, 0) is 34.8 Å². The summed E-state index contributed by atoms with van der Waals surface area (Å²) in [5.74, 6) is -10.1. The van der Waals surface area contributed by atoms with E-state index in [4.69, 9.17) is 14.2 Å². The normalized spacial score (nSPS) is 31.9. The van der Waals surface area contributed by atoms with Crippen LogP contribution < -0.4 is 0 Å². The summed E-state index contributed by atoms with van der Waals surface area (Å²) in [5.41, 5.74) is -0.556. The summed E-state index contributed by atoms with van der Waals surface area (Å²) in [5, 5.41) is 0. The molecule has 174 valence electrons. The molecular weight excluding hydrogens is 443 g/mol. The lowest BCUT2D eigenvalue weighted by Gasteiger charge is -2.31. The Labute approximate surface area is 179 Å². The molecule has 1 heterocycles. The van der Waals surface area contributed by atoms with Gasteiger partial charge in [0.2, 0.25) is 0 Å². The van der Waals surface area contributed by atoms with Crippen LogP contribution in [0.1, 0.15) is 37.5 Å². The summed E-state index contributed by atoms with van der Waals surface area (Å²) in [4.78, 5) is 36.9. The summed E-state index contributed by atoms with van der Waals surface area (Å²) < 4.78 is 80.3. The molecule has 7 unspecified atom stereocenters. The number of rotatable bonds is 5. The standard InChI is InChI=1S/C21H19F5O6/c1-8(9-3-5-10(6-4-9)21(24,25)26)30-17(27)13-12-7-11-14(13)18(28)31-15(11)16(12)32-19(29)20(2,22)23/h3-6,8,11-16H,7H2,1-2H3. The van der Waals surface area contributed by atoms with Crippen LogP contribution in [0.2, 0.25) is 0 Å². The van der Waals surface area contributed by atoms with E-state index in [1.807, 2.05) is 0 Å². The topological polar surface area (TPSA) is 78.9 Å². The van der Waals surface area contributed by atoms with Gasteiger partial charge >= 0.3 is 30.0 Å². The quantitative estimate of drug-likeness (QED) is 0.378. The van der Waals surface area contributed by atoms with Gasteiger partial charge in [0.05, 0.1) is 17.4 Å². The molecule has 7 atom stereocenters. The van der Waals surface area contributed by atoms with E-state index in [1.54, 1.807) is 0 Å². The first-order chi connectivity index (χ1) is 14.8. The van der Waals surface area contributed by atoms with E-state index in [0.717, 1.165) is 12.1 Å². The van der Waals surface area contributed by atoms with Crippen LogP contribution in [0, 0.1) is 23.7 Å².